The van der Waals surface area contributed by atoms with E-state index < -0.39 is 75.4 Å². The SMILES string of the molecule is COc1cc(C=CC2C3=CCC4C(=O)NC(=O)C4C3CC3C(=O)N(Nc4ncc(C(F)(F)F)cc4Cl)C(=O)C23c2ccc(Cl)cc2)cc(OC)c1O. The summed E-state index contributed by atoms with van der Waals surface area (Å²) in [5.41, 5.74) is 1.31. The Morgan fingerprint density at radius 3 is 2.31 bits per heavy atom. The minimum absolute atomic E-state index is 0.0154. The number of carbonyl (C=O) groups excluding carboxylic acids is 4. The lowest BCUT2D eigenvalue weighted by molar-refractivity contribution is -0.139. The van der Waals surface area contributed by atoms with Crippen LogP contribution in [0, 0.1) is 29.6 Å². The first kappa shape index (κ1) is 35.3. The highest BCUT2D eigenvalue weighted by Gasteiger charge is 2.69. The van der Waals surface area contributed by atoms with Gasteiger partial charge in [0.2, 0.25) is 17.6 Å². The van der Waals surface area contributed by atoms with E-state index in [4.69, 9.17) is 32.7 Å². The Kier molecular flexibility index (Phi) is 8.73. The number of hydrogen-bond donors (Lipinski definition) is 3. The number of hydrazine groups is 1. The molecule has 0 bridgehead atoms. The van der Waals surface area contributed by atoms with Gasteiger partial charge in [-0.1, -0.05) is 59.1 Å². The van der Waals surface area contributed by atoms with E-state index in [-0.39, 0.29) is 35.9 Å². The molecule has 6 atom stereocenters. The molecule has 3 aromatic rings. The maximum Gasteiger partial charge on any atom is 0.417 e. The van der Waals surface area contributed by atoms with Crippen molar-refractivity contribution >= 4 is 58.7 Å². The molecule has 0 radical (unpaired) electrons. The van der Waals surface area contributed by atoms with Gasteiger partial charge in [-0.2, -0.15) is 18.2 Å². The lowest BCUT2D eigenvalue weighted by Crippen LogP contribution is -2.54. The third kappa shape index (κ3) is 5.46. The summed E-state index contributed by atoms with van der Waals surface area (Å²) < 4.78 is 50.8. The van der Waals surface area contributed by atoms with Crippen LogP contribution in [-0.2, 0) is 30.8 Å². The van der Waals surface area contributed by atoms with Crippen LogP contribution >= 0.6 is 23.2 Å². The van der Waals surface area contributed by atoms with Crippen LogP contribution in [0.4, 0.5) is 19.0 Å². The van der Waals surface area contributed by atoms with Gasteiger partial charge in [0.25, 0.3) is 11.8 Å². The van der Waals surface area contributed by atoms with E-state index >= 15 is 4.79 Å². The minimum atomic E-state index is -4.75. The number of imide groups is 2. The van der Waals surface area contributed by atoms with E-state index in [1.54, 1.807) is 48.6 Å². The molecular weight excluding hydrogens is 728 g/mol. The van der Waals surface area contributed by atoms with Gasteiger partial charge < -0.3 is 14.6 Å². The molecule has 2 aromatic carbocycles. The monoisotopic (exact) mass is 756 g/mol. The van der Waals surface area contributed by atoms with Crippen LogP contribution in [-0.4, -0.2) is 52.9 Å². The second-order valence-electron chi connectivity index (χ2n) is 12.9. The van der Waals surface area contributed by atoms with Gasteiger partial charge in [-0.3, -0.25) is 29.9 Å². The largest absolute Gasteiger partial charge is 0.502 e. The number of benzene rings is 2. The lowest BCUT2D eigenvalue weighted by Gasteiger charge is -2.49. The number of fused-ring (bicyclic) bond motifs is 4. The topological polar surface area (TPSA) is 147 Å². The summed E-state index contributed by atoms with van der Waals surface area (Å²) >= 11 is 12.5. The Morgan fingerprint density at radius 2 is 1.69 bits per heavy atom. The fourth-order valence-corrected chi connectivity index (χ4v) is 8.49. The zero-order valence-corrected chi connectivity index (χ0v) is 28.8. The number of carbonyl (C=O) groups is 4. The summed E-state index contributed by atoms with van der Waals surface area (Å²) in [5.74, 6) is -6.98. The number of nitrogens with zero attached hydrogens (tertiary/aromatic N) is 2. The van der Waals surface area contributed by atoms with E-state index in [1.165, 1.54) is 14.2 Å². The van der Waals surface area contributed by atoms with Crippen LogP contribution < -0.4 is 20.2 Å². The number of aromatic hydroxyl groups is 1. The molecule has 2 saturated heterocycles. The van der Waals surface area contributed by atoms with Crippen LogP contribution in [0.1, 0.15) is 29.5 Å². The van der Waals surface area contributed by atoms with Crippen LogP contribution in [0.25, 0.3) is 6.08 Å². The standard InChI is InChI=1S/C36H29Cl2F3N4O7/c1-51-26-11-16(12-27(52-2)29(26)46)3-10-23-20-8-9-21-28(32(48)43-31(21)47)22(20)14-24-33(49)45(34(50)35(23,24)17-4-6-19(37)7-5-17)44-30-25(38)13-18(15-42-30)36(39,40)41/h3-8,10-13,15,21-24,28,46H,9,14H2,1-2H3,(H,42,44)(H,43,47,48). The summed E-state index contributed by atoms with van der Waals surface area (Å²) in [6.45, 7) is 0. The van der Waals surface area contributed by atoms with Crippen molar-refractivity contribution in [3.05, 3.63) is 93.1 Å². The van der Waals surface area contributed by atoms with E-state index in [2.05, 4.69) is 15.7 Å². The van der Waals surface area contributed by atoms with Gasteiger partial charge in [0, 0.05) is 17.1 Å². The smallest absolute Gasteiger partial charge is 0.417 e. The highest BCUT2D eigenvalue weighted by molar-refractivity contribution is 6.33. The number of methoxy groups -OCH3 is 2. The Bertz CT molecular complexity index is 2070. The number of aromatic nitrogens is 1. The van der Waals surface area contributed by atoms with Crippen molar-refractivity contribution in [2.75, 3.05) is 19.6 Å². The number of halogens is 5. The summed E-state index contributed by atoms with van der Waals surface area (Å²) in [4.78, 5) is 59.5. The van der Waals surface area contributed by atoms with Crippen molar-refractivity contribution in [3.8, 4) is 17.2 Å². The van der Waals surface area contributed by atoms with Gasteiger partial charge in [0.15, 0.2) is 17.3 Å². The second-order valence-corrected chi connectivity index (χ2v) is 13.8. The maximum absolute atomic E-state index is 15.1. The molecule has 4 amide bonds. The van der Waals surface area contributed by atoms with E-state index in [0.717, 1.165) is 0 Å². The fraction of sp³-hybridized carbons (Fsp3) is 0.306. The van der Waals surface area contributed by atoms with Crippen molar-refractivity contribution in [1.82, 2.24) is 15.3 Å². The number of anilines is 1. The van der Waals surface area contributed by atoms with Gasteiger partial charge in [-0.25, -0.2) is 4.98 Å². The molecule has 3 fully saturated rings. The molecule has 4 aliphatic rings. The quantitative estimate of drug-likeness (QED) is 0.197. The lowest BCUT2D eigenvalue weighted by atomic mass is 9.50. The molecule has 1 saturated carbocycles. The van der Waals surface area contributed by atoms with Crippen molar-refractivity contribution in [2.24, 2.45) is 29.6 Å². The molecule has 11 nitrogen and oxygen atoms in total. The van der Waals surface area contributed by atoms with Crippen LogP contribution in [0.15, 0.2) is 66.4 Å². The molecule has 52 heavy (non-hydrogen) atoms. The third-order valence-corrected chi connectivity index (χ3v) is 11.0. The Morgan fingerprint density at radius 1 is 1.02 bits per heavy atom. The van der Waals surface area contributed by atoms with Gasteiger partial charge in [0.1, 0.15) is 0 Å². The van der Waals surface area contributed by atoms with Crippen LogP contribution in [0.5, 0.6) is 17.2 Å². The highest BCUT2D eigenvalue weighted by atomic mass is 35.5. The first-order valence-corrected chi connectivity index (χ1v) is 16.8. The number of amides is 4. The molecule has 2 aliphatic heterocycles. The summed E-state index contributed by atoms with van der Waals surface area (Å²) in [7, 11) is 2.74. The zero-order valence-electron chi connectivity index (χ0n) is 27.3. The van der Waals surface area contributed by atoms with Crippen molar-refractivity contribution < 1.29 is 46.9 Å². The Labute approximate surface area is 304 Å². The first-order valence-electron chi connectivity index (χ1n) is 16.0. The van der Waals surface area contributed by atoms with Crippen LogP contribution in [0.3, 0.4) is 0 Å². The number of hydrogen-bond acceptors (Lipinski definition) is 9. The average molecular weight is 758 g/mol. The predicted molar refractivity (Wildman–Crippen MR) is 181 cm³/mol. The maximum atomic E-state index is 15.1. The molecule has 2 aliphatic carbocycles. The number of ether oxygens (including phenoxy) is 2. The molecular formula is C36H29Cl2F3N4O7. The minimum Gasteiger partial charge on any atom is -0.502 e. The van der Waals surface area contributed by atoms with Crippen molar-refractivity contribution in [1.29, 1.82) is 0 Å². The number of phenols is 1. The van der Waals surface area contributed by atoms with Gasteiger partial charge in [-0.05, 0) is 60.2 Å². The highest BCUT2D eigenvalue weighted by Crippen LogP contribution is 2.61. The molecule has 270 valence electrons. The van der Waals surface area contributed by atoms with Crippen molar-refractivity contribution in [3.63, 3.8) is 0 Å². The number of phenolic OH excluding ortho intramolecular Hbond substituents is 1. The normalized spacial score (nSPS) is 26.9. The van der Waals surface area contributed by atoms with Crippen molar-refractivity contribution in [2.45, 2.75) is 24.4 Å². The Hall–Kier alpha value is -5.08. The third-order valence-electron chi connectivity index (χ3n) is 10.4. The van der Waals surface area contributed by atoms with E-state index in [9.17, 15) is 32.7 Å². The molecule has 3 N–H and O–H groups in total. The van der Waals surface area contributed by atoms with Gasteiger partial charge >= 0.3 is 6.18 Å². The number of nitrogens with one attached hydrogen (secondary N) is 2. The summed E-state index contributed by atoms with van der Waals surface area (Å²) in [6.07, 6.45) is 1.20. The van der Waals surface area contributed by atoms with Crippen LogP contribution in [0.2, 0.25) is 10.0 Å². The molecule has 0 spiro atoms. The number of pyridine rings is 1. The summed E-state index contributed by atoms with van der Waals surface area (Å²) in [5, 5.41) is 13.5. The molecule has 6 unspecified atom stereocenters. The predicted octanol–water partition coefficient (Wildman–Crippen LogP) is 5.95. The second kappa shape index (κ2) is 12.8. The fourth-order valence-electron chi connectivity index (χ4n) is 8.16. The van der Waals surface area contributed by atoms with Gasteiger partial charge in [0.05, 0.1) is 48.0 Å². The summed E-state index contributed by atoms with van der Waals surface area (Å²) in [6, 6.07) is 10.1. The molecule has 3 heterocycles. The van der Waals surface area contributed by atoms with Gasteiger partial charge in [-0.15, -0.1) is 0 Å². The molecule has 7 rings (SSSR count). The molecule has 16 heteroatoms. The van der Waals surface area contributed by atoms with E-state index in [1.807, 2.05) is 6.08 Å². The number of allylic oxidation sites excluding steroid dienone is 3. The zero-order chi connectivity index (χ0) is 37.3. The Balaban J connectivity index is 1.42. The van der Waals surface area contributed by atoms with E-state index in [0.29, 0.717) is 39.0 Å². The average Bonchev–Trinajstić information content (AvgIpc) is 3.52. The molecule has 1 aromatic heterocycles. The number of alkyl halides is 3. The number of rotatable bonds is 7. The first-order chi connectivity index (χ1) is 24.7.